The number of hydrogen-bond acceptors (Lipinski definition) is 2. The van der Waals surface area contributed by atoms with Crippen LogP contribution in [-0.2, 0) is 0 Å². The molecule has 0 N–H and O–H groups in total. The van der Waals surface area contributed by atoms with Gasteiger partial charge in [0.05, 0.1) is 15.2 Å². The molecule has 0 saturated heterocycles. The van der Waals surface area contributed by atoms with Gasteiger partial charge in [-0.25, -0.2) is 9.37 Å². The Hall–Kier alpha value is -1.74. The Labute approximate surface area is 103 Å². The van der Waals surface area contributed by atoms with Crippen LogP contribution in [0.5, 0.6) is 0 Å². The molecule has 1 heterocycles. The van der Waals surface area contributed by atoms with Crippen molar-refractivity contribution in [1.29, 1.82) is 0 Å². The minimum Gasteiger partial charge on any atom is -0.242 e. The van der Waals surface area contributed by atoms with Gasteiger partial charge in [-0.3, -0.25) is 0 Å². The van der Waals surface area contributed by atoms with E-state index in [2.05, 4.69) is 11.1 Å². The van der Waals surface area contributed by atoms with Crippen LogP contribution in [0.1, 0.15) is 5.01 Å². The summed E-state index contributed by atoms with van der Waals surface area (Å²) < 4.78 is 14.0. The molecule has 17 heavy (non-hydrogen) atoms. The first-order chi connectivity index (χ1) is 8.22. The lowest BCUT2D eigenvalue weighted by Crippen LogP contribution is -1.78. The summed E-state index contributed by atoms with van der Waals surface area (Å²) in [5.74, 6) is -0.205. The Bertz CT molecular complexity index is 670. The highest BCUT2D eigenvalue weighted by Gasteiger charge is 2.03. The molecule has 84 valence electrons. The third-order valence-electron chi connectivity index (χ3n) is 2.67. The van der Waals surface area contributed by atoms with Crippen LogP contribution >= 0.6 is 11.3 Å². The van der Waals surface area contributed by atoms with E-state index in [0.717, 1.165) is 21.7 Å². The largest absolute Gasteiger partial charge is 0.242 e. The fourth-order valence-electron chi connectivity index (χ4n) is 1.86. The van der Waals surface area contributed by atoms with Gasteiger partial charge in [0.25, 0.3) is 0 Å². The van der Waals surface area contributed by atoms with Crippen LogP contribution in [0.25, 0.3) is 21.3 Å². The van der Waals surface area contributed by atoms with Crippen LogP contribution in [0.2, 0.25) is 0 Å². The van der Waals surface area contributed by atoms with Crippen LogP contribution in [0.4, 0.5) is 4.39 Å². The lowest BCUT2D eigenvalue weighted by molar-refractivity contribution is 0.628. The lowest BCUT2D eigenvalue weighted by atomic mass is 10.1. The summed E-state index contributed by atoms with van der Waals surface area (Å²) in [7, 11) is 0. The van der Waals surface area contributed by atoms with Gasteiger partial charge in [0.15, 0.2) is 0 Å². The van der Waals surface area contributed by atoms with Gasteiger partial charge in [-0.1, -0.05) is 18.2 Å². The van der Waals surface area contributed by atoms with Crippen LogP contribution in [0, 0.1) is 12.7 Å². The van der Waals surface area contributed by atoms with Gasteiger partial charge in [-0.05, 0) is 42.3 Å². The number of halogens is 1. The Morgan fingerprint density at radius 2 is 1.71 bits per heavy atom. The van der Waals surface area contributed by atoms with Crippen molar-refractivity contribution in [3.63, 3.8) is 0 Å². The van der Waals surface area contributed by atoms with Crippen molar-refractivity contribution in [1.82, 2.24) is 4.98 Å². The summed E-state index contributed by atoms with van der Waals surface area (Å²) in [5, 5.41) is 1.07. The summed E-state index contributed by atoms with van der Waals surface area (Å²) in [6.45, 7) is 2.00. The van der Waals surface area contributed by atoms with Gasteiger partial charge in [0.1, 0.15) is 5.82 Å². The van der Waals surface area contributed by atoms with E-state index >= 15 is 0 Å². The Morgan fingerprint density at radius 3 is 2.47 bits per heavy atom. The predicted molar refractivity (Wildman–Crippen MR) is 69.8 cm³/mol. The zero-order valence-corrected chi connectivity index (χ0v) is 10.1. The normalized spacial score (nSPS) is 10.9. The quantitative estimate of drug-likeness (QED) is 0.617. The molecule has 3 aromatic rings. The topological polar surface area (TPSA) is 12.9 Å². The molecule has 0 unspecified atom stereocenters. The summed E-state index contributed by atoms with van der Waals surface area (Å²) in [6.07, 6.45) is 0. The molecule has 0 aliphatic carbocycles. The molecule has 0 saturated carbocycles. The van der Waals surface area contributed by atoms with E-state index in [4.69, 9.17) is 0 Å². The second-order valence-corrected chi connectivity index (χ2v) is 5.16. The molecular formula is C14H10FNS. The molecule has 2 aromatic carbocycles. The molecule has 0 bridgehead atoms. The molecule has 0 radical (unpaired) electrons. The summed E-state index contributed by atoms with van der Waals surface area (Å²) >= 11 is 1.68. The van der Waals surface area contributed by atoms with Crippen LogP contribution in [0.3, 0.4) is 0 Å². The van der Waals surface area contributed by atoms with Crippen molar-refractivity contribution in [3.8, 4) is 11.1 Å². The van der Waals surface area contributed by atoms with Gasteiger partial charge < -0.3 is 0 Å². The van der Waals surface area contributed by atoms with Crippen molar-refractivity contribution < 1.29 is 4.39 Å². The van der Waals surface area contributed by atoms with Gasteiger partial charge in [0.2, 0.25) is 0 Å². The minimum atomic E-state index is -0.205. The van der Waals surface area contributed by atoms with Crippen molar-refractivity contribution in [2.75, 3.05) is 0 Å². The molecule has 0 amide bonds. The average Bonchev–Trinajstić information content (AvgIpc) is 2.69. The second kappa shape index (κ2) is 3.93. The van der Waals surface area contributed by atoms with Gasteiger partial charge in [-0.15, -0.1) is 11.3 Å². The fraction of sp³-hybridized carbons (Fsp3) is 0.0714. The number of fused-ring (bicyclic) bond motifs is 1. The highest BCUT2D eigenvalue weighted by atomic mass is 32.1. The maximum atomic E-state index is 12.9. The summed E-state index contributed by atoms with van der Waals surface area (Å²) in [6, 6.07) is 12.7. The van der Waals surface area contributed by atoms with E-state index in [9.17, 15) is 4.39 Å². The molecule has 0 aliphatic heterocycles. The monoisotopic (exact) mass is 243 g/mol. The first kappa shape index (κ1) is 10.4. The van der Waals surface area contributed by atoms with Crippen LogP contribution in [-0.4, -0.2) is 4.98 Å². The third kappa shape index (κ3) is 1.94. The number of benzene rings is 2. The maximum absolute atomic E-state index is 12.9. The number of hydrogen-bond donors (Lipinski definition) is 0. The highest BCUT2D eigenvalue weighted by Crippen LogP contribution is 2.27. The molecule has 1 aromatic heterocycles. The second-order valence-electron chi connectivity index (χ2n) is 3.92. The number of aromatic nitrogens is 1. The zero-order valence-electron chi connectivity index (χ0n) is 9.27. The number of rotatable bonds is 1. The van der Waals surface area contributed by atoms with Gasteiger partial charge in [-0.2, -0.15) is 0 Å². The van der Waals surface area contributed by atoms with Crippen molar-refractivity contribution in [3.05, 3.63) is 53.3 Å². The summed E-state index contributed by atoms with van der Waals surface area (Å²) in [5.41, 5.74) is 3.15. The van der Waals surface area contributed by atoms with Crippen molar-refractivity contribution in [2.45, 2.75) is 6.92 Å². The highest BCUT2D eigenvalue weighted by molar-refractivity contribution is 7.18. The van der Waals surface area contributed by atoms with E-state index in [-0.39, 0.29) is 5.82 Å². The molecule has 1 nitrogen and oxygen atoms in total. The SMILES string of the molecule is Cc1nc2ccc(-c3ccc(F)cc3)cc2s1. The predicted octanol–water partition coefficient (Wildman–Crippen LogP) is 4.41. The first-order valence-corrected chi connectivity index (χ1v) is 6.17. The Kier molecular flexibility index (Phi) is 2.41. The first-order valence-electron chi connectivity index (χ1n) is 5.35. The number of thiazole rings is 1. The Balaban J connectivity index is 2.13. The lowest BCUT2D eigenvalue weighted by Gasteiger charge is -2.01. The zero-order chi connectivity index (χ0) is 11.8. The molecule has 0 fully saturated rings. The maximum Gasteiger partial charge on any atom is 0.123 e. The standard InChI is InChI=1S/C14H10FNS/c1-9-16-13-7-4-11(8-14(13)17-9)10-2-5-12(15)6-3-10/h2-8H,1H3. The molecule has 0 aliphatic rings. The van der Waals surface area contributed by atoms with Gasteiger partial charge in [0, 0.05) is 0 Å². The number of aryl methyl sites for hydroxylation is 1. The molecular weight excluding hydrogens is 233 g/mol. The summed E-state index contributed by atoms with van der Waals surface area (Å²) in [4.78, 5) is 4.42. The molecule has 3 rings (SSSR count). The molecule has 3 heteroatoms. The average molecular weight is 243 g/mol. The fourth-order valence-corrected chi connectivity index (χ4v) is 2.73. The smallest absolute Gasteiger partial charge is 0.123 e. The van der Waals surface area contributed by atoms with E-state index in [1.807, 2.05) is 19.1 Å². The van der Waals surface area contributed by atoms with Gasteiger partial charge >= 0.3 is 0 Å². The van der Waals surface area contributed by atoms with E-state index < -0.39 is 0 Å². The van der Waals surface area contributed by atoms with Crippen LogP contribution < -0.4 is 0 Å². The van der Waals surface area contributed by atoms with Crippen LogP contribution in [0.15, 0.2) is 42.5 Å². The molecule has 0 spiro atoms. The van der Waals surface area contributed by atoms with Crippen molar-refractivity contribution in [2.24, 2.45) is 0 Å². The number of nitrogens with zero attached hydrogens (tertiary/aromatic N) is 1. The van der Waals surface area contributed by atoms with E-state index in [1.54, 1.807) is 23.5 Å². The minimum absolute atomic E-state index is 0.205. The van der Waals surface area contributed by atoms with E-state index in [0.29, 0.717) is 0 Å². The Morgan fingerprint density at radius 1 is 1.00 bits per heavy atom. The van der Waals surface area contributed by atoms with E-state index in [1.165, 1.54) is 16.8 Å². The molecule has 0 atom stereocenters. The third-order valence-corrected chi connectivity index (χ3v) is 3.61. The van der Waals surface area contributed by atoms with Crippen molar-refractivity contribution >= 4 is 21.6 Å².